The largest absolute Gasteiger partial charge is 0.195 e. The second kappa shape index (κ2) is 21.1. The monoisotopic (exact) mass is 1020 g/mol. The number of nitrogens with two attached hydrogens (primary N) is 1. The van der Waals surface area contributed by atoms with Gasteiger partial charge in [0.1, 0.15) is 5.82 Å². The SMILES string of the molecule is CCCCCCCCN1C(=O)C2(CC2)c2cnc(NC3CCN(Sc4cccc(N5CCN(CC6CCN(c7ccc8c(c7)CN(C(CC[I-]O)C(N)=O)C8=O)CC6)CC5)c4)CC3)nc21. The maximum atomic E-state index is 13.5. The number of nitrogens with zero attached hydrogens (tertiary/aromatic N) is 8. The van der Waals surface area contributed by atoms with E-state index in [0.29, 0.717) is 40.9 Å². The number of hydrogen-bond acceptors (Lipinski definition) is 12. The summed E-state index contributed by atoms with van der Waals surface area (Å²) in [6, 6.07) is 14.8. The summed E-state index contributed by atoms with van der Waals surface area (Å²) in [6.45, 7) is 12.7. The zero-order valence-electron chi connectivity index (χ0n) is 38.1. The molecule has 0 bridgehead atoms. The van der Waals surface area contributed by atoms with Gasteiger partial charge in [-0.1, -0.05) is 45.1 Å². The van der Waals surface area contributed by atoms with Crippen molar-refractivity contribution in [2.24, 2.45) is 11.7 Å². The fraction of sp³-hybridized carbons (Fsp3) is 0.612. The number of carbonyl (C=O) groups is 3. The molecule has 16 heteroatoms. The van der Waals surface area contributed by atoms with Crippen molar-refractivity contribution >= 4 is 52.8 Å². The number of fused-ring (bicyclic) bond motifs is 3. The molecule has 6 aliphatic rings. The summed E-state index contributed by atoms with van der Waals surface area (Å²) in [5.41, 5.74) is 10.4. The molecule has 1 unspecified atom stereocenters. The smallest absolute Gasteiger partial charge is 0.145 e. The van der Waals surface area contributed by atoms with Gasteiger partial charge in [-0.2, -0.15) is 4.98 Å². The Bertz CT molecular complexity index is 2150. The first-order valence-electron chi connectivity index (χ1n) is 24.4. The molecule has 1 atom stereocenters. The van der Waals surface area contributed by atoms with Crippen molar-refractivity contribution < 1.29 is 39.4 Å². The minimum Gasteiger partial charge on any atom is -0.195 e. The first kappa shape index (κ1) is 46.4. The van der Waals surface area contributed by atoms with Gasteiger partial charge in [0, 0.05) is 80.7 Å². The maximum absolute atomic E-state index is 13.5. The molecule has 65 heavy (non-hydrogen) atoms. The minimum atomic E-state index is -0.963. The Morgan fingerprint density at radius 2 is 1.66 bits per heavy atom. The summed E-state index contributed by atoms with van der Waals surface area (Å²) < 4.78 is 12.4. The summed E-state index contributed by atoms with van der Waals surface area (Å²) in [5, 5.41) is 3.64. The van der Waals surface area contributed by atoms with Crippen molar-refractivity contribution in [1.29, 1.82) is 0 Å². The second-order valence-corrected chi connectivity index (χ2v) is 22.1. The van der Waals surface area contributed by atoms with Crippen LogP contribution in [-0.2, 0) is 21.5 Å². The van der Waals surface area contributed by atoms with E-state index in [-0.39, 0.29) is 17.2 Å². The van der Waals surface area contributed by atoms with Gasteiger partial charge >= 0.3 is 152 Å². The van der Waals surface area contributed by atoms with Gasteiger partial charge < -0.3 is 10.2 Å². The number of primary amides is 1. The molecule has 1 aliphatic carbocycles. The quantitative estimate of drug-likeness (QED) is 0.0661. The van der Waals surface area contributed by atoms with Crippen LogP contribution < -0.4 is 47.4 Å². The first-order chi connectivity index (χ1) is 31.7. The number of hydrogen-bond donors (Lipinski definition) is 3. The molecule has 14 nitrogen and oxygen atoms in total. The number of alkyl halides is 1. The molecule has 4 fully saturated rings. The van der Waals surface area contributed by atoms with Gasteiger partial charge in [0.25, 0.3) is 0 Å². The van der Waals surface area contributed by atoms with E-state index in [1.54, 1.807) is 4.90 Å². The summed E-state index contributed by atoms with van der Waals surface area (Å²) in [5.74, 6) is 1.77. The molecule has 352 valence electrons. The topological polar surface area (TPSA) is 155 Å². The van der Waals surface area contributed by atoms with Crippen molar-refractivity contribution in [2.45, 2.75) is 119 Å². The van der Waals surface area contributed by atoms with E-state index in [0.717, 1.165) is 139 Å². The number of amides is 3. The Morgan fingerprint density at radius 1 is 0.923 bits per heavy atom. The van der Waals surface area contributed by atoms with Crippen LogP contribution in [-0.4, -0.2) is 127 Å². The molecule has 3 saturated heterocycles. The van der Waals surface area contributed by atoms with Crippen molar-refractivity contribution in [3.8, 4) is 0 Å². The van der Waals surface area contributed by atoms with Gasteiger partial charge in [0.05, 0.1) is 5.41 Å². The summed E-state index contributed by atoms with van der Waals surface area (Å²) in [4.78, 5) is 61.1. The normalized spacial score (nSPS) is 20.8. The molecular weight excluding hydrogens is 952 g/mol. The molecule has 4 N–H and O–H groups in total. The van der Waals surface area contributed by atoms with Crippen molar-refractivity contribution in [2.75, 3.05) is 89.9 Å². The number of unbranched alkanes of at least 4 members (excludes halogenated alkanes) is 5. The van der Waals surface area contributed by atoms with E-state index >= 15 is 0 Å². The number of aromatic nitrogens is 2. The zero-order valence-corrected chi connectivity index (χ0v) is 41.1. The third-order valence-corrected chi connectivity index (χ3v) is 17.0. The predicted octanol–water partition coefficient (Wildman–Crippen LogP) is 3.03. The van der Waals surface area contributed by atoms with Crippen LogP contribution in [0, 0.1) is 5.92 Å². The Morgan fingerprint density at radius 3 is 2.40 bits per heavy atom. The van der Waals surface area contributed by atoms with E-state index in [1.165, 1.54) is 36.3 Å². The molecule has 1 saturated carbocycles. The Balaban J connectivity index is 0.696. The first-order valence-corrected chi connectivity index (χ1v) is 27.7. The van der Waals surface area contributed by atoms with Gasteiger partial charge in [-0.3, -0.25) is 14.6 Å². The fourth-order valence-electron chi connectivity index (χ4n) is 10.8. The molecule has 0 radical (unpaired) electrons. The molecular formula is C49H68IN10O4S-. The number of rotatable bonds is 20. The number of piperidine rings is 2. The molecule has 6 heterocycles. The minimum absolute atomic E-state index is 0.141. The van der Waals surface area contributed by atoms with Gasteiger partial charge in [-0.25, -0.2) is 9.29 Å². The van der Waals surface area contributed by atoms with Gasteiger partial charge in [0.15, 0.2) is 0 Å². The second-order valence-electron chi connectivity index (χ2n) is 19.2. The number of carbonyl (C=O) groups excluding carboxylic acids is 3. The van der Waals surface area contributed by atoms with Crippen LogP contribution in [0.2, 0.25) is 0 Å². The zero-order chi connectivity index (χ0) is 44.9. The standard InChI is InChI=1S/C49H68IN10O4S/c1-2-3-4-5-6-7-21-59-45-42(49(18-19-49)47(59)63)32-52-48(54-45)53-37-16-24-58(25-17-37)65-40-10-8-9-38(31-40)57-28-26-55(27-29-57)33-35-14-22-56(23-15-35)39-11-12-41-36(30-39)34-60(46(41)62)43(44(51)61)13-20-50-64/h8-12,30-32,35,37,43,64H,2-7,13-29,33-34H2,1H3,(H2,51,61)(H,52,53,54)/q-1. The summed E-state index contributed by atoms with van der Waals surface area (Å²) in [6.07, 6.45) is 15.7. The summed E-state index contributed by atoms with van der Waals surface area (Å²) >= 11 is 0.907. The molecule has 3 amide bonds. The van der Waals surface area contributed by atoms with E-state index in [9.17, 15) is 17.8 Å². The maximum Gasteiger partial charge on any atom is 0.145 e. The van der Waals surface area contributed by atoms with E-state index < -0.39 is 33.6 Å². The van der Waals surface area contributed by atoms with Crippen LogP contribution >= 0.6 is 11.9 Å². The van der Waals surface area contributed by atoms with E-state index in [2.05, 4.69) is 67.6 Å². The average Bonchev–Trinajstić information content (AvgIpc) is 4.02. The van der Waals surface area contributed by atoms with Gasteiger partial charge in [-0.15, -0.1) is 0 Å². The van der Waals surface area contributed by atoms with Gasteiger partial charge in [0.2, 0.25) is 11.9 Å². The van der Waals surface area contributed by atoms with Gasteiger partial charge in [-0.05, 0) is 62.3 Å². The molecule has 5 aliphatic heterocycles. The number of anilines is 4. The third-order valence-electron chi connectivity index (χ3n) is 14.8. The Labute approximate surface area is 400 Å². The van der Waals surface area contributed by atoms with E-state index in [1.807, 2.05) is 29.1 Å². The molecule has 1 spiro atoms. The molecule has 1 aromatic heterocycles. The Kier molecular flexibility index (Phi) is 15.0. The van der Waals surface area contributed by atoms with Crippen LogP contribution in [0.1, 0.15) is 112 Å². The van der Waals surface area contributed by atoms with Crippen LogP contribution in [0.4, 0.5) is 23.1 Å². The molecule has 3 aromatic rings. The van der Waals surface area contributed by atoms with Crippen molar-refractivity contribution in [3.05, 3.63) is 65.4 Å². The third kappa shape index (κ3) is 10.6. The van der Waals surface area contributed by atoms with Crippen LogP contribution in [0.25, 0.3) is 0 Å². The summed E-state index contributed by atoms with van der Waals surface area (Å²) in [7, 11) is 0. The van der Waals surface area contributed by atoms with Crippen molar-refractivity contribution in [3.63, 3.8) is 0 Å². The average molecular weight is 1020 g/mol. The number of nitrogens with one attached hydrogen (secondary N) is 1. The number of piperazine rings is 1. The molecule has 2 aromatic carbocycles. The Hall–Kier alpha value is -3.71. The van der Waals surface area contributed by atoms with Crippen molar-refractivity contribution in [1.82, 2.24) is 24.1 Å². The number of halogens is 1. The molecule has 9 rings (SSSR count). The fourth-order valence-corrected chi connectivity index (χ4v) is 12.7. The van der Waals surface area contributed by atoms with Crippen LogP contribution in [0.3, 0.4) is 0 Å². The predicted molar refractivity (Wildman–Crippen MR) is 254 cm³/mol. The van der Waals surface area contributed by atoms with E-state index in [4.69, 9.17) is 15.7 Å². The number of benzene rings is 2. The van der Waals surface area contributed by atoms with Crippen LogP contribution in [0.5, 0.6) is 0 Å². The van der Waals surface area contributed by atoms with Crippen LogP contribution in [0.15, 0.2) is 53.6 Å².